The van der Waals surface area contributed by atoms with Crippen LogP contribution in [0.5, 0.6) is 23.0 Å². The molecule has 1 aliphatic carbocycles. The highest BCUT2D eigenvalue weighted by atomic mass is 16.3. The van der Waals surface area contributed by atoms with Crippen LogP contribution in [-0.4, -0.2) is 56.3 Å². The van der Waals surface area contributed by atoms with Gasteiger partial charge in [0.15, 0.2) is 0 Å². The highest BCUT2D eigenvalue weighted by Gasteiger charge is 2.59. The van der Waals surface area contributed by atoms with Crippen molar-refractivity contribution in [1.29, 1.82) is 0 Å². The summed E-state index contributed by atoms with van der Waals surface area (Å²) in [5.41, 5.74) is 2.29. The zero-order chi connectivity index (χ0) is 36.0. The number of amides is 2. The standard InChI is InChI=1S/C44H38N2O6/c47-33-19-11-29(12-20-33)43(30-13-21-34(48)22-14-30)37-7-1-3-9-39(37)45(41(43)51)27-5-6-28-46-40-10-4-2-8-38(40)44(42(46)52,31-15-23-35(49)24-16-31)32-17-25-36(50)26-18-32/h1-4,7-26,37,39,47-50H,5-6,27-28H2. The summed E-state index contributed by atoms with van der Waals surface area (Å²) in [6.45, 7) is 0.877. The summed E-state index contributed by atoms with van der Waals surface area (Å²) in [6.07, 6.45) is 9.33. The number of unbranched alkanes of at least 4 members (excludes halogenated alkanes) is 1. The molecule has 3 aliphatic rings. The van der Waals surface area contributed by atoms with E-state index in [1.54, 1.807) is 97.1 Å². The van der Waals surface area contributed by atoms with Crippen LogP contribution in [0.25, 0.3) is 0 Å². The number of rotatable bonds is 9. The summed E-state index contributed by atoms with van der Waals surface area (Å²) in [7, 11) is 0. The zero-order valence-electron chi connectivity index (χ0n) is 28.3. The molecule has 1 fully saturated rings. The first-order valence-electron chi connectivity index (χ1n) is 17.5. The molecule has 2 heterocycles. The molecule has 8 nitrogen and oxygen atoms in total. The molecule has 8 heteroatoms. The highest BCUT2D eigenvalue weighted by Crippen LogP contribution is 2.53. The van der Waals surface area contributed by atoms with E-state index in [9.17, 15) is 30.0 Å². The van der Waals surface area contributed by atoms with E-state index in [1.165, 1.54) is 0 Å². The Labute approximate surface area is 301 Å². The molecule has 1 saturated heterocycles. The van der Waals surface area contributed by atoms with E-state index in [0.717, 1.165) is 22.4 Å². The SMILES string of the molecule is O=C1N(CCCCN2C(=O)C(c3ccc(O)cc3)(c3ccc(O)cc3)C3C=CC=CC32)c2ccccc2C1(c1ccc(O)cc1)c1ccc(O)cc1. The predicted molar refractivity (Wildman–Crippen MR) is 198 cm³/mol. The summed E-state index contributed by atoms with van der Waals surface area (Å²) < 4.78 is 0. The van der Waals surface area contributed by atoms with Crippen LogP contribution >= 0.6 is 0 Å². The van der Waals surface area contributed by atoms with Crippen LogP contribution < -0.4 is 4.90 Å². The number of fused-ring (bicyclic) bond motifs is 2. The highest BCUT2D eigenvalue weighted by molar-refractivity contribution is 6.13. The molecule has 0 aromatic heterocycles. The minimum Gasteiger partial charge on any atom is -0.508 e. The molecule has 2 amide bonds. The Morgan fingerprint density at radius 3 is 1.52 bits per heavy atom. The summed E-state index contributed by atoms with van der Waals surface area (Å²) >= 11 is 0. The molecule has 52 heavy (non-hydrogen) atoms. The van der Waals surface area contributed by atoms with Crippen molar-refractivity contribution in [3.63, 3.8) is 0 Å². The fourth-order valence-corrected chi connectivity index (χ4v) is 8.67. The summed E-state index contributed by atoms with van der Waals surface area (Å²) in [4.78, 5) is 33.5. The van der Waals surface area contributed by atoms with Gasteiger partial charge in [-0.05, 0) is 89.7 Å². The smallest absolute Gasteiger partial charge is 0.246 e. The first-order chi connectivity index (χ1) is 25.3. The van der Waals surface area contributed by atoms with Crippen LogP contribution in [0.15, 0.2) is 146 Å². The molecular formula is C44H38N2O6. The van der Waals surface area contributed by atoms with E-state index in [4.69, 9.17) is 0 Å². The third-order valence-corrected chi connectivity index (χ3v) is 11.0. The van der Waals surface area contributed by atoms with Crippen molar-refractivity contribution in [2.24, 2.45) is 5.92 Å². The summed E-state index contributed by atoms with van der Waals surface area (Å²) in [5, 5.41) is 40.5. The second-order valence-corrected chi connectivity index (χ2v) is 13.7. The van der Waals surface area contributed by atoms with Crippen molar-refractivity contribution in [3.05, 3.63) is 173 Å². The van der Waals surface area contributed by atoms with Crippen LogP contribution in [0, 0.1) is 5.92 Å². The fourth-order valence-electron chi connectivity index (χ4n) is 8.67. The third-order valence-electron chi connectivity index (χ3n) is 11.0. The number of phenolic OH excluding ortho intramolecular Hbond substituents is 4. The zero-order valence-corrected chi connectivity index (χ0v) is 28.3. The van der Waals surface area contributed by atoms with Gasteiger partial charge in [-0.2, -0.15) is 0 Å². The Balaban J connectivity index is 1.10. The van der Waals surface area contributed by atoms with Gasteiger partial charge in [0, 0.05) is 30.3 Å². The quantitative estimate of drug-likeness (QED) is 0.125. The number of hydrogen-bond donors (Lipinski definition) is 4. The maximum atomic E-state index is 14.9. The largest absolute Gasteiger partial charge is 0.508 e. The number of anilines is 1. The van der Waals surface area contributed by atoms with Gasteiger partial charge >= 0.3 is 0 Å². The lowest BCUT2D eigenvalue weighted by molar-refractivity contribution is -0.132. The molecular weight excluding hydrogens is 652 g/mol. The number of para-hydroxylation sites is 1. The number of likely N-dealkylation sites (tertiary alicyclic amines) is 1. The van der Waals surface area contributed by atoms with Crippen molar-refractivity contribution in [2.75, 3.05) is 18.0 Å². The lowest BCUT2D eigenvalue weighted by atomic mass is 9.65. The molecule has 2 unspecified atom stereocenters. The van der Waals surface area contributed by atoms with Crippen LogP contribution in [-0.2, 0) is 20.4 Å². The molecule has 0 saturated carbocycles. The van der Waals surface area contributed by atoms with Crippen molar-refractivity contribution in [1.82, 2.24) is 4.90 Å². The predicted octanol–water partition coefficient (Wildman–Crippen LogP) is 6.91. The summed E-state index contributed by atoms with van der Waals surface area (Å²) in [5.74, 6) is 0.00466. The van der Waals surface area contributed by atoms with Gasteiger partial charge < -0.3 is 30.2 Å². The Bertz CT molecular complexity index is 2100. The van der Waals surface area contributed by atoms with E-state index < -0.39 is 10.8 Å². The minimum absolute atomic E-state index is 0.0589. The van der Waals surface area contributed by atoms with Gasteiger partial charge in [-0.3, -0.25) is 9.59 Å². The Morgan fingerprint density at radius 2 is 0.981 bits per heavy atom. The van der Waals surface area contributed by atoms with Gasteiger partial charge in [0.2, 0.25) is 11.8 Å². The van der Waals surface area contributed by atoms with Crippen LogP contribution in [0.2, 0.25) is 0 Å². The molecule has 8 rings (SSSR count). The van der Waals surface area contributed by atoms with Crippen molar-refractivity contribution in [3.8, 4) is 23.0 Å². The third kappa shape index (κ3) is 4.97. The normalized spacial score (nSPS) is 19.5. The van der Waals surface area contributed by atoms with E-state index >= 15 is 0 Å². The first kappa shape index (κ1) is 32.9. The fraction of sp³-hybridized carbons (Fsp3) is 0.182. The van der Waals surface area contributed by atoms with Gasteiger partial charge in [-0.15, -0.1) is 0 Å². The van der Waals surface area contributed by atoms with Crippen LogP contribution in [0.1, 0.15) is 40.7 Å². The number of hydrogen-bond acceptors (Lipinski definition) is 6. The monoisotopic (exact) mass is 690 g/mol. The van der Waals surface area contributed by atoms with E-state index in [2.05, 4.69) is 12.2 Å². The number of carbonyl (C=O) groups is 2. The number of nitrogens with zero attached hydrogens (tertiary/aromatic N) is 2. The number of benzene rings is 5. The number of aromatic hydroxyl groups is 4. The molecule has 2 aliphatic heterocycles. The molecule has 2 atom stereocenters. The van der Waals surface area contributed by atoms with E-state index in [0.29, 0.717) is 37.1 Å². The molecule has 5 aromatic carbocycles. The Hall–Kier alpha value is -6.28. The average molecular weight is 691 g/mol. The Morgan fingerprint density at radius 1 is 0.519 bits per heavy atom. The van der Waals surface area contributed by atoms with Crippen LogP contribution in [0.4, 0.5) is 5.69 Å². The van der Waals surface area contributed by atoms with Gasteiger partial charge in [0.1, 0.15) is 33.8 Å². The molecule has 4 N–H and O–H groups in total. The molecule has 260 valence electrons. The van der Waals surface area contributed by atoms with Crippen molar-refractivity contribution in [2.45, 2.75) is 29.7 Å². The Kier molecular flexibility index (Phi) is 8.10. The molecule has 0 bridgehead atoms. The van der Waals surface area contributed by atoms with Crippen molar-refractivity contribution < 1.29 is 30.0 Å². The lowest BCUT2D eigenvalue weighted by Crippen LogP contribution is -2.43. The molecule has 5 aromatic rings. The van der Waals surface area contributed by atoms with E-state index in [-0.39, 0.29) is 46.8 Å². The van der Waals surface area contributed by atoms with E-state index in [1.807, 2.05) is 46.2 Å². The average Bonchev–Trinajstić information content (AvgIpc) is 3.56. The molecule has 0 spiro atoms. The van der Waals surface area contributed by atoms with Gasteiger partial charge in [-0.1, -0.05) is 91.0 Å². The number of carbonyl (C=O) groups excluding carboxylic acids is 2. The maximum absolute atomic E-state index is 14.9. The van der Waals surface area contributed by atoms with Gasteiger partial charge in [-0.25, -0.2) is 0 Å². The second-order valence-electron chi connectivity index (χ2n) is 13.7. The van der Waals surface area contributed by atoms with Crippen molar-refractivity contribution >= 4 is 17.5 Å². The number of allylic oxidation sites excluding steroid dienone is 2. The van der Waals surface area contributed by atoms with Gasteiger partial charge in [0.05, 0.1) is 6.04 Å². The number of phenols is 4. The van der Waals surface area contributed by atoms with Gasteiger partial charge in [0.25, 0.3) is 0 Å². The molecule has 0 radical (unpaired) electrons. The minimum atomic E-state index is -1.19. The topological polar surface area (TPSA) is 122 Å². The van der Waals surface area contributed by atoms with Crippen LogP contribution in [0.3, 0.4) is 0 Å². The second kappa shape index (κ2) is 12.8. The maximum Gasteiger partial charge on any atom is 0.246 e. The lowest BCUT2D eigenvalue weighted by Gasteiger charge is -2.34. The first-order valence-corrected chi connectivity index (χ1v) is 17.5. The summed E-state index contributed by atoms with van der Waals surface area (Å²) in [6, 6.07) is 34.6.